The Bertz CT molecular complexity index is 587. The first-order chi connectivity index (χ1) is 8.13. The van der Waals surface area contributed by atoms with Gasteiger partial charge in [0.15, 0.2) is 0 Å². The van der Waals surface area contributed by atoms with Gasteiger partial charge in [-0.25, -0.2) is 0 Å². The number of nitrogens with zero attached hydrogens (tertiary/aromatic N) is 1. The molecule has 0 radical (unpaired) electrons. The summed E-state index contributed by atoms with van der Waals surface area (Å²) in [5.74, 6) is 0. The zero-order chi connectivity index (χ0) is 12.4. The van der Waals surface area contributed by atoms with Crippen LogP contribution in [0.4, 0.5) is 5.69 Å². The van der Waals surface area contributed by atoms with E-state index in [2.05, 4.69) is 15.9 Å². The Kier molecular flexibility index (Phi) is 3.33. The average Bonchev–Trinajstić information content (AvgIpc) is 2.34. The van der Waals surface area contributed by atoms with E-state index in [-0.39, 0.29) is 11.2 Å². The summed E-state index contributed by atoms with van der Waals surface area (Å²) in [7, 11) is 0. The van der Waals surface area contributed by atoms with Crippen LogP contribution in [-0.2, 0) is 6.54 Å². The van der Waals surface area contributed by atoms with Crippen molar-refractivity contribution in [3.63, 3.8) is 0 Å². The van der Waals surface area contributed by atoms with Crippen LogP contribution in [0.15, 0.2) is 45.7 Å². The van der Waals surface area contributed by atoms with Crippen LogP contribution in [0.3, 0.4) is 0 Å². The molecule has 0 spiro atoms. The van der Waals surface area contributed by atoms with Gasteiger partial charge >= 0.3 is 0 Å². The van der Waals surface area contributed by atoms with Crippen LogP contribution < -0.4 is 11.3 Å². The van der Waals surface area contributed by atoms with Crippen LogP contribution in [0.25, 0.3) is 11.3 Å². The maximum atomic E-state index is 11.9. The summed E-state index contributed by atoms with van der Waals surface area (Å²) in [6.07, 6.45) is 0. The number of nitrogens with two attached hydrogens (primary N) is 1. The molecule has 2 aromatic rings. The molecule has 88 valence electrons. The Hall–Kier alpha value is -1.55. The number of hydrogen-bond donors (Lipinski definition) is 1. The molecule has 4 heteroatoms. The lowest BCUT2D eigenvalue weighted by Crippen LogP contribution is -2.23. The van der Waals surface area contributed by atoms with Crippen LogP contribution >= 0.6 is 15.9 Å². The van der Waals surface area contributed by atoms with Crippen molar-refractivity contribution in [2.75, 3.05) is 5.73 Å². The minimum absolute atomic E-state index is 0.132. The highest BCUT2D eigenvalue weighted by Crippen LogP contribution is 2.21. The summed E-state index contributed by atoms with van der Waals surface area (Å²) in [5, 5.41) is 0. The van der Waals surface area contributed by atoms with Crippen molar-refractivity contribution in [3.05, 3.63) is 51.2 Å². The molecule has 0 amide bonds. The second kappa shape index (κ2) is 4.75. The van der Waals surface area contributed by atoms with E-state index in [1.54, 1.807) is 10.6 Å². The van der Waals surface area contributed by atoms with Crippen LogP contribution in [-0.4, -0.2) is 4.57 Å². The zero-order valence-corrected chi connectivity index (χ0v) is 11.1. The molecule has 0 saturated heterocycles. The molecular weight excluding hydrogens is 280 g/mol. The van der Waals surface area contributed by atoms with Crippen molar-refractivity contribution in [1.82, 2.24) is 4.57 Å². The first kappa shape index (κ1) is 11.9. The second-order valence-corrected chi connectivity index (χ2v) is 4.65. The number of hydrogen-bond acceptors (Lipinski definition) is 2. The van der Waals surface area contributed by atoms with Gasteiger partial charge in [0.05, 0.1) is 11.4 Å². The quantitative estimate of drug-likeness (QED) is 0.925. The lowest BCUT2D eigenvalue weighted by Gasteiger charge is -2.11. The minimum atomic E-state index is -0.132. The summed E-state index contributed by atoms with van der Waals surface area (Å²) in [6, 6.07) is 11.4. The largest absolute Gasteiger partial charge is 0.394 e. The van der Waals surface area contributed by atoms with E-state index in [4.69, 9.17) is 5.73 Å². The fourth-order valence-electron chi connectivity index (χ4n) is 1.78. The molecular formula is C13H13BrN2O. The van der Waals surface area contributed by atoms with E-state index in [1.165, 1.54) is 0 Å². The maximum absolute atomic E-state index is 11.9. The molecule has 0 aliphatic heterocycles. The summed E-state index contributed by atoms with van der Waals surface area (Å²) in [5.41, 5.74) is 7.67. The molecule has 0 fully saturated rings. The monoisotopic (exact) mass is 292 g/mol. The molecule has 0 unspecified atom stereocenters. The van der Waals surface area contributed by atoms with Gasteiger partial charge in [-0.3, -0.25) is 4.79 Å². The van der Waals surface area contributed by atoms with Crippen molar-refractivity contribution in [2.24, 2.45) is 0 Å². The normalized spacial score (nSPS) is 10.5. The number of benzene rings is 1. The van der Waals surface area contributed by atoms with Gasteiger partial charge in [-0.15, -0.1) is 0 Å². The first-order valence-electron chi connectivity index (χ1n) is 5.38. The molecule has 2 rings (SSSR count). The van der Waals surface area contributed by atoms with E-state index in [0.29, 0.717) is 6.54 Å². The van der Waals surface area contributed by atoms with Gasteiger partial charge in [-0.05, 0) is 36.8 Å². The minimum Gasteiger partial charge on any atom is -0.394 e. The molecule has 3 nitrogen and oxygen atoms in total. The van der Waals surface area contributed by atoms with Gasteiger partial charge in [0.2, 0.25) is 0 Å². The van der Waals surface area contributed by atoms with Gasteiger partial charge in [0.1, 0.15) is 0 Å². The SMILES string of the molecule is CCn1c(-c2ccc(Br)cc2)ccc(N)c1=O. The molecule has 1 aromatic heterocycles. The standard InChI is InChI=1S/C13H13BrN2O/c1-2-16-12(8-7-11(15)13(16)17)9-3-5-10(14)6-4-9/h3-8H,2,15H2,1H3. The Morgan fingerprint density at radius 1 is 1.18 bits per heavy atom. The fraction of sp³-hybridized carbons (Fsp3) is 0.154. The van der Waals surface area contributed by atoms with Crippen LogP contribution in [0.5, 0.6) is 0 Å². The summed E-state index contributed by atoms with van der Waals surface area (Å²) in [4.78, 5) is 11.9. The van der Waals surface area contributed by atoms with Crippen molar-refractivity contribution >= 4 is 21.6 Å². The van der Waals surface area contributed by atoms with Gasteiger partial charge in [-0.1, -0.05) is 28.1 Å². The lowest BCUT2D eigenvalue weighted by molar-refractivity contribution is 0.738. The molecule has 2 N–H and O–H groups in total. The van der Waals surface area contributed by atoms with Gasteiger partial charge in [-0.2, -0.15) is 0 Å². The molecule has 0 saturated carbocycles. The van der Waals surface area contributed by atoms with E-state index in [9.17, 15) is 4.79 Å². The predicted octanol–water partition coefficient (Wildman–Crippen LogP) is 2.88. The molecule has 17 heavy (non-hydrogen) atoms. The highest BCUT2D eigenvalue weighted by Gasteiger charge is 2.07. The highest BCUT2D eigenvalue weighted by atomic mass is 79.9. The number of halogens is 1. The van der Waals surface area contributed by atoms with Crippen molar-refractivity contribution < 1.29 is 0 Å². The second-order valence-electron chi connectivity index (χ2n) is 3.73. The van der Waals surface area contributed by atoms with Crippen molar-refractivity contribution in [3.8, 4) is 11.3 Å². The number of anilines is 1. The fourth-order valence-corrected chi connectivity index (χ4v) is 2.05. The number of rotatable bonds is 2. The van der Waals surface area contributed by atoms with Crippen molar-refractivity contribution in [1.29, 1.82) is 0 Å². The Balaban J connectivity index is 2.63. The third kappa shape index (κ3) is 2.26. The molecule has 0 atom stereocenters. The van der Waals surface area contributed by atoms with E-state index in [0.717, 1.165) is 15.7 Å². The molecule has 1 aromatic carbocycles. The van der Waals surface area contributed by atoms with Gasteiger partial charge in [0.25, 0.3) is 5.56 Å². The predicted molar refractivity (Wildman–Crippen MR) is 73.9 cm³/mol. The van der Waals surface area contributed by atoms with E-state index in [1.807, 2.05) is 37.3 Å². The molecule has 0 aliphatic rings. The Morgan fingerprint density at radius 2 is 1.82 bits per heavy atom. The third-order valence-electron chi connectivity index (χ3n) is 2.66. The van der Waals surface area contributed by atoms with Crippen molar-refractivity contribution in [2.45, 2.75) is 13.5 Å². The van der Waals surface area contributed by atoms with Crippen LogP contribution in [0.1, 0.15) is 6.92 Å². The number of nitrogen functional groups attached to an aromatic ring is 1. The first-order valence-corrected chi connectivity index (χ1v) is 6.18. The number of aromatic nitrogens is 1. The maximum Gasteiger partial charge on any atom is 0.274 e. The summed E-state index contributed by atoms with van der Waals surface area (Å²) >= 11 is 3.39. The smallest absolute Gasteiger partial charge is 0.274 e. The molecule has 0 bridgehead atoms. The average molecular weight is 293 g/mol. The van der Waals surface area contributed by atoms with Gasteiger partial charge in [0, 0.05) is 11.0 Å². The molecule has 1 heterocycles. The molecule has 0 aliphatic carbocycles. The highest BCUT2D eigenvalue weighted by molar-refractivity contribution is 9.10. The van der Waals surface area contributed by atoms with Gasteiger partial charge < -0.3 is 10.3 Å². The topological polar surface area (TPSA) is 48.0 Å². The van der Waals surface area contributed by atoms with E-state index >= 15 is 0 Å². The lowest BCUT2D eigenvalue weighted by atomic mass is 10.1. The summed E-state index contributed by atoms with van der Waals surface area (Å²) < 4.78 is 2.69. The summed E-state index contributed by atoms with van der Waals surface area (Å²) in [6.45, 7) is 2.54. The number of pyridine rings is 1. The zero-order valence-electron chi connectivity index (χ0n) is 9.48. The third-order valence-corrected chi connectivity index (χ3v) is 3.19. The van der Waals surface area contributed by atoms with E-state index < -0.39 is 0 Å². The Morgan fingerprint density at radius 3 is 2.41 bits per heavy atom. The van der Waals surface area contributed by atoms with Crippen LogP contribution in [0, 0.1) is 0 Å². The van der Waals surface area contributed by atoms with Crippen LogP contribution in [0.2, 0.25) is 0 Å². The Labute approximate surface area is 108 Å².